The zero-order chi connectivity index (χ0) is 21.4. The molecule has 1 atom stereocenters. The molecule has 0 saturated carbocycles. The van der Waals surface area contributed by atoms with Crippen LogP contribution in [-0.2, 0) is 0 Å². The number of pyridine rings is 1. The minimum absolute atomic E-state index is 0.287. The van der Waals surface area contributed by atoms with E-state index in [0.29, 0.717) is 6.04 Å². The minimum Gasteiger partial charge on any atom is -0.356 e. The Labute approximate surface area is 182 Å². The van der Waals surface area contributed by atoms with E-state index in [9.17, 15) is 0 Å². The summed E-state index contributed by atoms with van der Waals surface area (Å²) in [5, 5.41) is 12.5. The molecule has 0 unspecified atom stereocenters. The first-order valence-electron chi connectivity index (χ1n) is 11.3. The van der Waals surface area contributed by atoms with Gasteiger partial charge >= 0.3 is 0 Å². The lowest BCUT2D eigenvalue weighted by Gasteiger charge is -2.32. The highest BCUT2D eigenvalue weighted by Gasteiger charge is 2.22. The summed E-state index contributed by atoms with van der Waals surface area (Å²) in [6, 6.07) is 4.80. The van der Waals surface area contributed by atoms with Crippen LogP contribution in [0.25, 0.3) is 10.9 Å². The summed E-state index contributed by atoms with van der Waals surface area (Å²) in [6.07, 6.45) is 6.16. The third kappa shape index (κ3) is 4.14. The van der Waals surface area contributed by atoms with E-state index < -0.39 is 0 Å². The van der Waals surface area contributed by atoms with Crippen LogP contribution in [0.2, 0.25) is 0 Å². The second-order valence-corrected chi connectivity index (χ2v) is 8.84. The number of nitrogens with zero attached hydrogens (tertiary/aromatic N) is 7. The van der Waals surface area contributed by atoms with Gasteiger partial charge in [0.25, 0.3) is 0 Å². The van der Waals surface area contributed by atoms with Crippen molar-refractivity contribution < 1.29 is 0 Å². The molecule has 3 aromatic rings. The number of hydrogen-bond acceptors (Lipinski definition) is 8. The third-order valence-corrected chi connectivity index (χ3v) is 6.01. The van der Waals surface area contributed by atoms with Gasteiger partial charge in [0.05, 0.1) is 11.7 Å². The molecule has 5 rings (SSSR count). The van der Waals surface area contributed by atoms with E-state index in [0.717, 1.165) is 67.0 Å². The SMILES string of the molecule is CC(C)n1ncc2cnc(Nc3cc(N4CCCC4)nc(N4CCN[C@@H](C)C4)n3)cc21. The third-order valence-electron chi connectivity index (χ3n) is 6.01. The molecule has 164 valence electrons. The Morgan fingerprint density at radius 3 is 2.65 bits per heavy atom. The van der Waals surface area contributed by atoms with Gasteiger partial charge in [0.2, 0.25) is 5.95 Å². The topological polar surface area (TPSA) is 87.0 Å². The van der Waals surface area contributed by atoms with Crippen molar-refractivity contribution in [2.45, 2.75) is 45.7 Å². The monoisotopic (exact) mass is 421 g/mol. The highest BCUT2D eigenvalue weighted by atomic mass is 15.3. The summed E-state index contributed by atoms with van der Waals surface area (Å²) in [4.78, 5) is 19.0. The standard InChI is InChI=1S/C22H31N9/c1-15(2)31-18-10-19(24-12-17(18)13-25-31)26-20-11-21(29-7-4-5-8-29)28-22(27-20)30-9-6-23-16(3)14-30/h10-13,15-16,23H,4-9,14H2,1-3H3,(H,24,26,27,28)/t16-/m0/s1. The van der Waals surface area contributed by atoms with Gasteiger partial charge < -0.3 is 20.4 Å². The molecule has 9 heteroatoms. The van der Waals surface area contributed by atoms with Crippen LogP contribution < -0.4 is 20.4 Å². The molecule has 0 aromatic carbocycles. The maximum Gasteiger partial charge on any atom is 0.229 e. The van der Waals surface area contributed by atoms with E-state index in [1.54, 1.807) is 0 Å². The van der Waals surface area contributed by atoms with Crippen molar-refractivity contribution in [3.8, 4) is 0 Å². The fraction of sp³-hybridized carbons (Fsp3) is 0.545. The number of hydrogen-bond donors (Lipinski definition) is 2. The van der Waals surface area contributed by atoms with Gasteiger partial charge in [-0.05, 0) is 33.6 Å². The lowest BCUT2D eigenvalue weighted by molar-refractivity contribution is 0.479. The van der Waals surface area contributed by atoms with Crippen LogP contribution in [-0.4, -0.2) is 63.5 Å². The molecule has 2 fully saturated rings. The van der Waals surface area contributed by atoms with E-state index in [1.165, 1.54) is 12.8 Å². The summed E-state index contributed by atoms with van der Waals surface area (Å²) in [6.45, 7) is 11.3. The molecular formula is C22H31N9. The molecule has 2 aliphatic heterocycles. The van der Waals surface area contributed by atoms with E-state index in [2.05, 4.69) is 51.3 Å². The van der Waals surface area contributed by atoms with E-state index in [1.807, 2.05) is 29.2 Å². The van der Waals surface area contributed by atoms with Crippen LogP contribution in [0.4, 0.5) is 23.4 Å². The van der Waals surface area contributed by atoms with Gasteiger partial charge in [-0.3, -0.25) is 4.68 Å². The first kappa shape index (κ1) is 20.0. The number of rotatable bonds is 5. The minimum atomic E-state index is 0.287. The zero-order valence-corrected chi connectivity index (χ0v) is 18.5. The predicted molar refractivity (Wildman–Crippen MR) is 124 cm³/mol. The molecule has 31 heavy (non-hydrogen) atoms. The van der Waals surface area contributed by atoms with Crippen LogP contribution in [0.3, 0.4) is 0 Å². The molecule has 0 bridgehead atoms. The van der Waals surface area contributed by atoms with Gasteiger partial charge in [-0.15, -0.1) is 0 Å². The molecule has 0 aliphatic carbocycles. The molecule has 2 saturated heterocycles. The van der Waals surface area contributed by atoms with Crippen LogP contribution in [0, 0.1) is 0 Å². The van der Waals surface area contributed by atoms with Gasteiger partial charge in [-0.25, -0.2) is 4.98 Å². The molecule has 2 aliphatic rings. The summed E-state index contributed by atoms with van der Waals surface area (Å²) in [5.74, 6) is 3.32. The predicted octanol–water partition coefficient (Wildman–Crippen LogP) is 2.94. The Hall–Kier alpha value is -2.94. The van der Waals surface area contributed by atoms with E-state index in [4.69, 9.17) is 9.97 Å². The Bertz CT molecular complexity index is 1050. The Kier molecular flexibility index (Phi) is 5.35. The van der Waals surface area contributed by atoms with Crippen molar-refractivity contribution in [1.82, 2.24) is 30.0 Å². The van der Waals surface area contributed by atoms with Crippen molar-refractivity contribution >= 4 is 34.3 Å². The zero-order valence-electron chi connectivity index (χ0n) is 18.5. The van der Waals surface area contributed by atoms with Crippen molar-refractivity contribution in [1.29, 1.82) is 0 Å². The number of fused-ring (bicyclic) bond motifs is 1. The second kappa shape index (κ2) is 8.30. The fourth-order valence-corrected chi connectivity index (χ4v) is 4.40. The van der Waals surface area contributed by atoms with E-state index >= 15 is 0 Å². The number of anilines is 4. The Morgan fingerprint density at radius 1 is 1.03 bits per heavy atom. The van der Waals surface area contributed by atoms with Crippen LogP contribution in [0.1, 0.15) is 39.7 Å². The average Bonchev–Trinajstić information content (AvgIpc) is 3.43. The second-order valence-electron chi connectivity index (χ2n) is 8.84. The van der Waals surface area contributed by atoms with Crippen LogP contribution in [0.5, 0.6) is 0 Å². The van der Waals surface area contributed by atoms with Crippen LogP contribution >= 0.6 is 0 Å². The van der Waals surface area contributed by atoms with Gasteiger partial charge in [-0.2, -0.15) is 15.1 Å². The normalized spacial score (nSPS) is 19.5. The van der Waals surface area contributed by atoms with Gasteiger partial charge in [-0.1, -0.05) is 0 Å². The number of piperazine rings is 1. The molecule has 5 heterocycles. The van der Waals surface area contributed by atoms with Gasteiger partial charge in [0.15, 0.2) is 0 Å². The molecule has 9 nitrogen and oxygen atoms in total. The summed E-state index contributed by atoms with van der Waals surface area (Å²) >= 11 is 0. The molecule has 0 amide bonds. The van der Waals surface area contributed by atoms with Crippen molar-refractivity contribution in [2.24, 2.45) is 0 Å². The first-order chi connectivity index (χ1) is 15.1. The lowest BCUT2D eigenvalue weighted by Crippen LogP contribution is -2.49. The Morgan fingerprint density at radius 2 is 1.87 bits per heavy atom. The molecule has 3 aromatic heterocycles. The molecule has 0 radical (unpaired) electrons. The largest absolute Gasteiger partial charge is 0.356 e. The first-order valence-corrected chi connectivity index (χ1v) is 11.3. The average molecular weight is 422 g/mol. The quantitative estimate of drug-likeness (QED) is 0.650. The van der Waals surface area contributed by atoms with Gasteiger partial charge in [0.1, 0.15) is 17.5 Å². The molecule has 2 N–H and O–H groups in total. The summed E-state index contributed by atoms with van der Waals surface area (Å²) < 4.78 is 2.02. The molecule has 0 spiro atoms. The fourth-order valence-electron chi connectivity index (χ4n) is 4.40. The van der Waals surface area contributed by atoms with E-state index in [-0.39, 0.29) is 6.04 Å². The van der Waals surface area contributed by atoms with Crippen molar-refractivity contribution in [3.05, 3.63) is 24.5 Å². The lowest BCUT2D eigenvalue weighted by atomic mass is 10.2. The maximum absolute atomic E-state index is 4.93. The van der Waals surface area contributed by atoms with Gasteiger partial charge in [0, 0.05) is 68.5 Å². The maximum atomic E-state index is 4.93. The Balaban J connectivity index is 1.48. The summed E-state index contributed by atoms with van der Waals surface area (Å²) in [5.41, 5.74) is 1.07. The van der Waals surface area contributed by atoms with Crippen LogP contribution in [0.15, 0.2) is 24.5 Å². The number of aromatic nitrogens is 5. The summed E-state index contributed by atoms with van der Waals surface area (Å²) in [7, 11) is 0. The van der Waals surface area contributed by atoms with Crippen molar-refractivity contribution in [3.63, 3.8) is 0 Å². The highest BCUT2D eigenvalue weighted by molar-refractivity contribution is 5.81. The van der Waals surface area contributed by atoms with Crippen molar-refractivity contribution in [2.75, 3.05) is 47.8 Å². The molecular weight excluding hydrogens is 390 g/mol. The number of nitrogens with one attached hydrogen (secondary N) is 2. The smallest absolute Gasteiger partial charge is 0.229 e. The highest BCUT2D eigenvalue weighted by Crippen LogP contribution is 2.27.